The molecule has 0 aromatic rings. The first-order valence-electron chi connectivity index (χ1n) is 5.00. The normalized spacial score (nSPS) is 19.3. The van der Waals surface area contributed by atoms with Gasteiger partial charge in [0.15, 0.2) is 0 Å². The third-order valence-corrected chi connectivity index (χ3v) is 2.31. The maximum absolute atomic E-state index is 11.4. The van der Waals surface area contributed by atoms with Gasteiger partial charge in [0, 0.05) is 12.3 Å². The van der Waals surface area contributed by atoms with Crippen molar-refractivity contribution in [3.05, 3.63) is 24.5 Å². The van der Waals surface area contributed by atoms with Crippen molar-refractivity contribution < 1.29 is 9.53 Å². The molecule has 1 aliphatic rings. The van der Waals surface area contributed by atoms with E-state index in [2.05, 4.69) is 12.0 Å². The molecule has 1 rings (SSSR count). The lowest BCUT2D eigenvalue weighted by Gasteiger charge is -2.35. The zero-order valence-corrected chi connectivity index (χ0v) is 9.25. The number of amides is 1. The summed E-state index contributed by atoms with van der Waals surface area (Å²) in [6, 6.07) is 0. The molecule has 3 N–H and O–H groups in total. The Labute approximate surface area is 90.1 Å². The summed E-state index contributed by atoms with van der Waals surface area (Å²) in [5.74, 6) is 5.59. The molecule has 0 spiro atoms. The van der Waals surface area contributed by atoms with Crippen molar-refractivity contribution in [2.24, 2.45) is 11.8 Å². The standard InChI is InChI=1S/C11H18N2O2/c1-4-5-8(10(14)13-12)6-9-7-11(2,3)15-9/h4,7-8H,1,5-6,12H2,2-3H3,(H,13,14). The van der Waals surface area contributed by atoms with Crippen LogP contribution in [0.3, 0.4) is 0 Å². The minimum Gasteiger partial charge on any atom is -0.488 e. The predicted octanol–water partition coefficient (Wildman–Crippen LogP) is 1.25. The van der Waals surface area contributed by atoms with E-state index in [0.717, 1.165) is 5.76 Å². The van der Waals surface area contributed by atoms with E-state index in [4.69, 9.17) is 10.6 Å². The Balaban J connectivity index is 2.53. The van der Waals surface area contributed by atoms with Crippen molar-refractivity contribution in [1.82, 2.24) is 5.43 Å². The summed E-state index contributed by atoms with van der Waals surface area (Å²) in [6.45, 7) is 7.56. The molecule has 0 aromatic heterocycles. The number of hydrogen-bond donors (Lipinski definition) is 2. The van der Waals surface area contributed by atoms with Gasteiger partial charge in [-0.1, -0.05) is 6.08 Å². The van der Waals surface area contributed by atoms with Gasteiger partial charge in [-0.05, 0) is 26.3 Å². The summed E-state index contributed by atoms with van der Waals surface area (Å²) in [6.07, 6.45) is 4.92. The smallest absolute Gasteiger partial charge is 0.237 e. The van der Waals surface area contributed by atoms with Crippen molar-refractivity contribution >= 4 is 5.91 Å². The van der Waals surface area contributed by atoms with Crippen LogP contribution < -0.4 is 11.3 Å². The Morgan fingerprint density at radius 3 is 2.80 bits per heavy atom. The molecule has 1 unspecified atom stereocenters. The summed E-state index contributed by atoms with van der Waals surface area (Å²) in [7, 11) is 0. The van der Waals surface area contributed by atoms with Crippen LogP contribution in [0.15, 0.2) is 24.5 Å². The van der Waals surface area contributed by atoms with Crippen molar-refractivity contribution in [3.8, 4) is 0 Å². The number of nitrogens with two attached hydrogens (primary N) is 1. The van der Waals surface area contributed by atoms with Gasteiger partial charge in [-0.2, -0.15) is 0 Å². The zero-order chi connectivity index (χ0) is 11.5. The molecule has 1 aliphatic heterocycles. The molecule has 0 saturated heterocycles. The minimum absolute atomic E-state index is 0.177. The second-order valence-corrected chi connectivity index (χ2v) is 4.25. The predicted molar refractivity (Wildman–Crippen MR) is 58.5 cm³/mol. The second-order valence-electron chi connectivity index (χ2n) is 4.25. The Hall–Kier alpha value is -1.29. The van der Waals surface area contributed by atoms with E-state index in [1.807, 2.05) is 19.9 Å². The van der Waals surface area contributed by atoms with Gasteiger partial charge in [0.25, 0.3) is 0 Å². The van der Waals surface area contributed by atoms with Crippen LogP contribution in [0, 0.1) is 5.92 Å². The van der Waals surface area contributed by atoms with Gasteiger partial charge in [-0.3, -0.25) is 10.2 Å². The number of hydrazine groups is 1. The number of rotatable bonds is 5. The van der Waals surface area contributed by atoms with E-state index >= 15 is 0 Å². The van der Waals surface area contributed by atoms with Crippen molar-refractivity contribution in [3.63, 3.8) is 0 Å². The van der Waals surface area contributed by atoms with Crippen LogP contribution in [-0.4, -0.2) is 11.5 Å². The number of ether oxygens (including phenoxy) is 1. The second kappa shape index (κ2) is 4.49. The molecule has 84 valence electrons. The fraction of sp³-hybridized carbons (Fsp3) is 0.545. The van der Waals surface area contributed by atoms with Crippen molar-refractivity contribution in [1.29, 1.82) is 0 Å². The molecule has 4 heteroatoms. The SMILES string of the molecule is C=CCC(CC1=CC(C)(C)O1)C(=O)NN. The summed E-state index contributed by atoms with van der Waals surface area (Å²) in [5, 5.41) is 0. The largest absolute Gasteiger partial charge is 0.488 e. The molecule has 1 atom stereocenters. The minimum atomic E-state index is -0.187. The summed E-state index contributed by atoms with van der Waals surface area (Å²) < 4.78 is 5.50. The molecule has 0 aromatic carbocycles. The maximum Gasteiger partial charge on any atom is 0.237 e. The molecule has 0 aliphatic carbocycles. The molecule has 0 radical (unpaired) electrons. The van der Waals surface area contributed by atoms with E-state index in [1.165, 1.54) is 0 Å². The summed E-state index contributed by atoms with van der Waals surface area (Å²) in [4.78, 5) is 11.4. The van der Waals surface area contributed by atoms with Gasteiger partial charge < -0.3 is 4.74 Å². The van der Waals surface area contributed by atoms with E-state index in [1.54, 1.807) is 6.08 Å². The lowest BCUT2D eigenvalue weighted by molar-refractivity contribution is -0.125. The van der Waals surface area contributed by atoms with E-state index < -0.39 is 0 Å². The van der Waals surface area contributed by atoms with Crippen LogP contribution in [0.4, 0.5) is 0 Å². The summed E-state index contributed by atoms with van der Waals surface area (Å²) >= 11 is 0. The zero-order valence-electron chi connectivity index (χ0n) is 9.25. The number of carbonyl (C=O) groups is 1. The molecular formula is C11H18N2O2. The van der Waals surface area contributed by atoms with Gasteiger partial charge in [0.2, 0.25) is 5.91 Å². The first-order valence-corrected chi connectivity index (χ1v) is 5.00. The number of nitrogens with one attached hydrogen (secondary N) is 1. The third-order valence-electron chi connectivity index (χ3n) is 2.31. The highest BCUT2D eigenvalue weighted by atomic mass is 16.5. The van der Waals surface area contributed by atoms with Gasteiger partial charge >= 0.3 is 0 Å². The van der Waals surface area contributed by atoms with Crippen molar-refractivity contribution in [2.75, 3.05) is 0 Å². The highest BCUT2D eigenvalue weighted by molar-refractivity contribution is 5.78. The average Bonchev–Trinajstić information content (AvgIpc) is 2.13. The van der Waals surface area contributed by atoms with E-state index in [0.29, 0.717) is 12.8 Å². The third kappa shape index (κ3) is 3.09. The first kappa shape index (κ1) is 11.8. The molecule has 4 nitrogen and oxygen atoms in total. The number of allylic oxidation sites excluding steroid dienone is 2. The topological polar surface area (TPSA) is 64.3 Å². The Kier molecular flexibility index (Phi) is 3.52. The molecule has 1 heterocycles. The fourth-order valence-corrected chi connectivity index (χ4v) is 1.67. The van der Waals surface area contributed by atoms with Crippen LogP contribution in [0.2, 0.25) is 0 Å². The molecule has 15 heavy (non-hydrogen) atoms. The Morgan fingerprint density at radius 2 is 2.40 bits per heavy atom. The first-order chi connectivity index (χ1) is 6.98. The molecule has 1 amide bonds. The Morgan fingerprint density at radius 1 is 1.80 bits per heavy atom. The Bertz CT molecular complexity index is 295. The lowest BCUT2D eigenvalue weighted by Crippen LogP contribution is -2.38. The van der Waals surface area contributed by atoms with Crippen LogP contribution in [0.5, 0.6) is 0 Å². The highest BCUT2D eigenvalue weighted by Crippen LogP contribution is 2.32. The van der Waals surface area contributed by atoms with Crippen LogP contribution in [0.25, 0.3) is 0 Å². The average molecular weight is 210 g/mol. The maximum atomic E-state index is 11.4. The van der Waals surface area contributed by atoms with Crippen LogP contribution in [0.1, 0.15) is 26.7 Å². The number of hydrogen-bond acceptors (Lipinski definition) is 3. The van der Waals surface area contributed by atoms with E-state index in [9.17, 15) is 4.79 Å². The molecule has 0 bridgehead atoms. The van der Waals surface area contributed by atoms with Gasteiger partial charge in [0.05, 0.1) is 5.76 Å². The molecular weight excluding hydrogens is 192 g/mol. The lowest BCUT2D eigenvalue weighted by atomic mass is 9.94. The highest BCUT2D eigenvalue weighted by Gasteiger charge is 2.31. The fourth-order valence-electron chi connectivity index (χ4n) is 1.67. The van der Waals surface area contributed by atoms with Crippen LogP contribution >= 0.6 is 0 Å². The molecule has 0 saturated carbocycles. The molecule has 0 fully saturated rings. The van der Waals surface area contributed by atoms with Crippen molar-refractivity contribution in [2.45, 2.75) is 32.3 Å². The van der Waals surface area contributed by atoms with Gasteiger partial charge in [-0.15, -0.1) is 6.58 Å². The van der Waals surface area contributed by atoms with E-state index in [-0.39, 0.29) is 17.4 Å². The quantitative estimate of drug-likeness (QED) is 0.311. The number of carbonyl (C=O) groups excluding carboxylic acids is 1. The monoisotopic (exact) mass is 210 g/mol. The van der Waals surface area contributed by atoms with Crippen LogP contribution in [-0.2, 0) is 9.53 Å². The van der Waals surface area contributed by atoms with Gasteiger partial charge in [-0.25, -0.2) is 5.84 Å². The summed E-state index contributed by atoms with van der Waals surface area (Å²) in [5.41, 5.74) is 1.97. The van der Waals surface area contributed by atoms with Gasteiger partial charge in [0.1, 0.15) is 5.60 Å².